The van der Waals surface area contributed by atoms with Crippen LogP contribution < -0.4 is 5.32 Å². The Hall–Kier alpha value is -0.930. The van der Waals surface area contributed by atoms with E-state index in [9.17, 15) is 0 Å². The van der Waals surface area contributed by atoms with Crippen molar-refractivity contribution in [1.82, 2.24) is 15.2 Å². The van der Waals surface area contributed by atoms with Gasteiger partial charge in [0.25, 0.3) is 0 Å². The van der Waals surface area contributed by atoms with Crippen molar-refractivity contribution in [2.24, 2.45) is 0 Å². The first kappa shape index (κ1) is 13.1. The molecular weight excluding hydrogens is 198 g/mol. The van der Waals surface area contributed by atoms with Crippen LogP contribution in [0, 0.1) is 6.92 Å². The summed E-state index contributed by atoms with van der Waals surface area (Å²) in [5.41, 5.74) is 2.75. The molecule has 0 saturated carbocycles. The van der Waals surface area contributed by atoms with Crippen LogP contribution in [0.3, 0.4) is 0 Å². The Morgan fingerprint density at radius 3 is 2.62 bits per heavy atom. The molecule has 0 saturated heterocycles. The number of hydrogen-bond acceptors (Lipinski definition) is 3. The lowest BCUT2D eigenvalue weighted by Crippen LogP contribution is -2.46. The van der Waals surface area contributed by atoms with Crippen LogP contribution in [0.1, 0.15) is 25.0 Å². The molecule has 1 aromatic rings. The Morgan fingerprint density at radius 1 is 1.38 bits per heavy atom. The molecule has 0 fully saturated rings. The van der Waals surface area contributed by atoms with E-state index in [0.717, 1.165) is 13.1 Å². The van der Waals surface area contributed by atoms with Crippen molar-refractivity contribution >= 4 is 0 Å². The Labute approximate surface area is 98.9 Å². The monoisotopic (exact) mass is 221 g/mol. The third kappa shape index (κ3) is 3.58. The summed E-state index contributed by atoms with van der Waals surface area (Å²) in [6.07, 6.45) is 3.77. The first-order valence-corrected chi connectivity index (χ1v) is 5.71. The Kier molecular flexibility index (Phi) is 4.44. The summed E-state index contributed by atoms with van der Waals surface area (Å²) in [6.45, 7) is 8.44. The summed E-state index contributed by atoms with van der Waals surface area (Å²) >= 11 is 0. The van der Waals surface area contributed by atoms with Crippen LogP contribution >= 0.6 is 0 Å². The zero-order valence-electron chi connectivity index (χ0n) is 11.0. The summed E-state index contributed by atoms with van der Waals surface area (Å²) in [7, 11) is 4.22. The van der Waals surface area contributed by atoms with E-state index in [-0.39, 0.29) is 5.54 Å². The van der Waals surface area contributed by atoms with Gasteiger partial charge in [0.1, 0.15) is 0 Å². The highest BCUT2D eigenvalue weighted by Crippen LogP contribution is 2.09. The van der Waals surface area contributed by atoms with Gasteiger partial charge in [-0.25, -0.2) is 0 Å². The molecule has 1 aromatic heterocycles. The zero-order chi connectivity index (χ0) is 12.2. The number of rotatable bonds is 5. The van der Waals surface area contributed by atoms with Crippen molar-refractivity contribution < 1.29 is 0 Å². The SMILES string of the molecule is Cc1ccncc1CNCC(C)(C)N(C)C. The molecule has 1 N–H and O–H groups in total. The number of hydrogen-bond donors (Lipinski definition) is 1. The van der Waals surface area contributed by atoms with Gasteiger partial charge in [0.15, 0.2) is 0 Å². The molecule has 1 heterocycles. The molecule has 0 spiro atoms. The third-order valence-electron chi connectivity index (χ3n) is 3.23. The van der Waals surface area contributed by atoms with Gasteiger partial charge in [0, 0.05) is 31.0 Å². The second-order valence-corrected chi connectivity index (χ2v) is 5.11. The molecule has 0 aliphatic heterocycles. The largest absolute Gasteiger partial charge is 0.311 e. The third-order valence-corrected chi connectivity index (χ3v) is 3.23. The van der Waals surface area contributed by atoms with Crippen molar-refractivity contribution in [2.45, 2.75) is 32.9 Å². The fourth-order valence-corrected chi connectivity index (χ4v) is 1.34. The van der Waals surface area contributed by atoms with Crippen LogP contribution in [-0.2, 0) is 6.54 Å². The quantitative estimate of drug-likeness (QED) is 0.822. The molecule has 0 aliphatic carbocycles. The fourth-order valence-electron chi connectivity index (χ4n) is 1.34. The molecule has 0 amide bonds. The minimum atomic E-state index is 0.177. The van der Waals surface area contributed by atoms with Gasteiger partial charge in [-0.2, -0.15) is 0 Å². The van der Waals surface area contributed by atoms with Crippen molar-refractivity contribution in [3.63, 3.8) is 0 Å². The van der Waals surface area contributed by atoms with Gasteiger partial charge in [0.05, 0.1) is 0 Å². The molecule has 3 heteroatoms. The van der Waals surface area contributed by atoms with Crippen molar-refractivity contribution in [3.05, 3.63) is 29.6 Å². The van der Waals surface area contributed by atoms with Gasteiger partial charge in [-0.1, -0.05) is 0 Å². The van der Waals surface area contributed by atoms with Gasteiger partial charge in [0.2, 0.25) is 0 Å². The van der Waals surface area contributed by atoms with E-state index in [4.69, 9.17) is 0 Å². The lowest BCUT2D eigenvalue weighted by Gasteiger charge is -2.32. The lowest BCUT2D eigenvalue weighted by atomic mass is 10.0. The number of nitrogens with one attached hydrogen (secondary N) is 1. The van der Waals surface area contributed by atoms with E-state index in [1.165, 1.54) is 11.1 Å². The van der Waals surface area contributed by atoms with E-state index in [1.807, 2.05) is 18.5 Å². The molecule has 0 bridgehead atoms. The Morgan fingerprint density at radius 2 is 2.06 bits per heavy atom. The lowest BCUT2D eigenvalue weighted by molar-refractivity contribution is 0.189. The molecule has 90 valence electrons. The minimum absolute atomic E-state index is 0.177. The van der Waals surface area contributed by atoms with Crippen LogP contribution in [0.5, 0.6) is 0 Å². The highest BCUT2D eigenvalue weighted by molar-refractivity contribution is 5.21. The smallest absolute Gasteiger partial charge is 0.0315 e. The van der Waals surface area contributed by atoms with Gasteiger partial charge in [-0.05, 0) is 52.1 Å². The molecule has 16 heavy (non-hydrogen) atoms. The Balaban J connectivity index is 2.45. The van der Waals surface area contributed by atoms with E-state index in [1.54, 1.807) is 0 Å². The normalized spacial score (nSPS) is 12.1. The summed E-state index contributed by atoms with van der Waals surface area (Å²) in [4.78, 5) is 6.38. The maximum atomic E-state index is 4.15. The maximum absolute atomic E-state index is 4.15. The second-order valence-electron chi connectivity index (χ2n) is 5.11. The molecule has 0 aromatic carbocycles. The topological polar surface area (TPSA) is 28.2 Å². The summed E-state index contributed by atoms with van der Waals surface area (Å²) in [6, 6.07) is 2.05. The summed E-state index contributed by atoms with van der Waals surface area (Å²) in [5.74, 6) is 0. The van der Waals surface area contributed by atoms with Crippen LogP contribution in [0.15, 0.2) is 18.5 Å². The maximum Gasteiger partial charge on any atom is 0.0315 e. The van der Waals surface area contributed by atoms with Gasteiger partial charge in [-0.3, -0.25) is 4.98 Å². The Bertz CT molecular complexity index is 332. The molecular formula is C13H23N3. The van der Waals surface area contributed by atoms with Crippen molar-refractivity contribution in [3.8, 4) is 0 Å². The molecule has 0 aliphatic rings. The van der Waals surface area contributed by atoms with E-state index in [0.29, 0.717) is 0 Å². The molecule has 0 atom stereocenters. The van der Waals surface area contributed by atoms with E-state index < -0.39 is 0 Å². The van der Waals surface area contributed by atoms with E-state index >= 15 is 0 Å². The zero-order valence-corrected chi connectivity index (χ0v) is 11.0. The highest BCUT2D eigenvalue weighted by Gasteiger charge is 2.19. The fraction of sp³-hybridized carbons (Fsp3) is 0.615. The van der Waals surface area contributed by atoms with Gasteiger partial charge < -0.3 is 10.2 Å². The second kappa shape index (κ2) is 5.41. The molecule has 0 radical (unpaired) electrons. The molecule has 3 nitrogen and oxygen atoms in total. The standard InChI is InChI=1S/C13H23N3/c1-11-6-7-14-8-12(11)9-15-10-13(2,3)16(4)5/h6-8,15H,9-10H2,1-5H3. The van der Waals surface area contributed by atoms with Crippen LogP contribution in [-0.4, -0.2) is 36.1 Å². The van der Waals surface area contributed by atoms with Crippen LogP contribution in [0.25, 0.3) is 0 Å². The molecule has 0 unspecified atom stereocenters. The summed E-state index contributed by atoms with van der Waals surface area (Å²) in [5, 5.41) is 3.48. The number of aromatic nitrogens is 1. The minimum Gasteiger partial charge on any atom is -0.311 e. The van der Waals surface area contributed by atoms with Crippen LogP contribution in [0.2, 0.25) is 0 Å². The predicted octanol–water partition coefficient (Wildman–Crippen LogP) is 1.82. The predicted molar refractivity (Wildman–Crippen MR) is 68.4 cm³/mol. The number of nitrogens with zero attached hydrogens (tertiary/aromatic N) is 2. The van der Waals surface area contributed by atoms with Crippen molar-refractivity contribution in [1.29, 1.82) is 0 Å². The average molecular weight is 221 g/mol. The van der Waals surface area contributed by atoms with Crippen LogP contribution in [0.4, 0.5) is 0 Å². The highest BCUT2D eigenvalue weighted by atomic mass is 15.2. The van der Waals surface area contributed by atoms with E-state index in [2.05, 4.69) is 50.1 Å². The first-order valence-electron chi connectivity index (χ1n) is 5.71. The molecule has 1 rings (SSSR count). The first-order chi connectivity index (χ1) is 7.43. The number of aryl methyl sites for hydroxylation is 1. The summed E-state index contributed by atoms with van der Waals surface area (Å²) < 4.78 is 0. The van der Waals surface area contributed by atoms with Gasteiger partial charge in [-0.15, -0.1) is 0 Å². The number of likely N-dealkylation sites (N-methyl/N-ethyl adjacent to an activating group) is 1. The average Bonchev–Trinajstić information content (AvgIpc) is 2.20. The number of pyridine rings is 1. The van der Waals surface area contributed by atoms with Crippen molar-refractivity contribution in [2.75, 3.05) is 20.6 Å². The van der Waals surface area contributed by atoms with Gasteiger partial charge >= 0.3 is 0 Å².